The molecule has 0 saturated carbocycles. The second-order valence-corrected chi connectivity index (χ2v) is 6.01. The lowest BCUT2D eigenvalue weighted by Gasteiger charge is -2.22. The Hall–Kier alpha value is -0.670. The van der Waals surface area contributed by atoms with Crippen LogP contribution in [-0.4, -0.2) is 30.3 Å². The van der Waals surface area contributed by atoms with E-state index >= 15 is 0 Å². The largest absolute Gasteiger partial charge is 0.496 e. The second-order valence-electron chi connectivity index (χ2n) is 4.79. The van der Waals surface area contributed by atoms with Gasteiger partial charge in [-0.15, -0.1) is 0 Å². The summed E-state index contributed by atoms with van der Waals surface area (Å²) in [6.45, 7) is 0.244. The summed E-state index contributed by atoms with van der Waals surface area (Å²) in [6, 6.07) is 6.58. The van der Waals surface area contributed by atoms with Gasteiger partial charge in [0.2, 0.25) is 0 Å². The Morgan fingerprint density at radius 3 is 2.78 bits per heavy atom. The van der Waals surface area contributed by atoms with Crippen LogP contribution in [0, 0.1) is 0 Å². The molecule has 0 radical (unpaired) electrons. The molecule has 1 heterocycles. The van der Waals surface area contributed by atoms with Crippen molar-refractivity contribution >= 4 is 11.8 Å². The molecule has 0 bridgehead atoms. The molecule has 0 aromatic heterocycles. The van der Waals surface area contributed by atoms with Crippen LogP contribution in [0.3, 0.4) is 0 Å². The third kappa shape index (κ3) is 3.42. The topological polar surface area (TPSA) is 29.5 Å². The lowest BCUT2D eigenvalue weighted by molar-refractivity contribution is 0.287. The van der Waals surface area contributed by atoms with Crippen molar-refractivity contribution in [3.8, 4) is 5.75 Å². The van der Waals surface area contributed by atoms with Crippen molar-refractivity contribution in [1.29, 1.82) is 0 Å². The number of rotatable bonds is 5. The summed E-state index contributed by atoms with van der Waals surface area (Å²) in [4.78, 5) is 0. The normalized spacial score (nSPS) is 16.8. The zero-order valence-corrected chi connectivity index (χ0v) is 11.8. The van der Waals surface area contributed by atoms with Crippen molar-refractivity contribution in [1.82, 2.24) is 0 Å². The number of methoxy groups -OCH3 is 1. The third-order valence-corrected chi connectivity index (χ3v) is 4.65. The average Bonchev–Trinajstić information content (AvgIpc) is 2.45. The summed E-state index contributed by atoms with van der Waals surface area (Å²) in [5.74, 6) is 4.23. The van der Waals surface area contributed by atoms with Crippen molar-refractivity contribution in [2.24, 2.45) is 0 Å². The van der Waals surface area contributed by atoms with Crippen LogP contribution in [0.15, 0.2) is 18.2 Å². The van der Waals surface area contributed by atoms with Gasteiger partial charge in [0, 0.05) is 6.61 Å². The highest BCUT2D eigenvalue weighted by Crippen LogP contribution is 2.34. The van der Waals surface area contributed by atoms with Gasteiger partial charge in [0.15, 0.2) is 0 Å². The van der Waals surface area contributed by atoms with E-state index in [-0.39, 0.29) is 6.61 Å². The molecule has 2 rings (SSSR count). The van der Waals surface area contributed by atoms with E-state index in [1.54, 1.807) is 7.11 Å². The van der Waals surface area contributed by atoms with E-state index in [1.807, 2.05) is 0 Å². The smallest absolute Gasteiger partial charge is 0.122 e. The maximum Gasteiger partial charge on any atom is 0.122 e. The quantitative estimate of drug-likeness (QED) is 0.887. The van der Waals surface area contributed by atoms with Crippen LogP contribution in [0.5, 0.6) is 5.75 Å². The van der Waals surface area contributed by atoms with Gasteiger partial charge in [-0.3, -0.25) is 0 Å². The second kappa shape index (κ2) is 7.05. The Balaban J connectivity index is 2.15. The van der Waals surface area contributed by atoms with Gasteiger partial charge in [-0.1, -0.05) is 12.1 Å². The Morgan fingerprint density at radius 2 is 2.11 bits per heavy atom. The van der Waals surface area contributed by atoms with E-state index in [9.17, 15) is 0 Å². The molecule has 0 atom stereocenters. The Labute approximate surface area is 114 Å². The Kier molecular flexibility index (Phi) is 5.39. The zero-order chi connectivity index (χ0) is 12.8. The van der Waals surface area contributed by atoms with E-state index in [0.717, 1.165) is 18.6 Å². The van der Waals surface area contributed by atoms with Crippen LogP contribution in [-0.2, 0) is 6.42 Å². The molecule has 1 aliphatic rings. The number of benzene rings is 1. The fourth-order valence-corrected chi connectivity index (χ4v) is 3.65. The average molecular weight is 266 g/mol. The minimum Gasteiger partial charge on any atom is -0.496 e. The van der Waals surface area contributed by atoms with E-state index in [2.05, 4.69) is 30.0 Å². The third-order valence-electron chi connectivity index (χ3n) is 3.60. The number of aryl methyl sites for hydroxylation is 1. The van der Waals surface area contributed by atoms with Crippen LogP contribution >= 0.6 is 11.8 Å². The first-order chi connectivity index (χ1) is 8.85. The molecule has 1 aromatic rings. The summed E-state index contributed by atoms with van der Waals surface area (Å²) in [5, 5.41) is 8.97. The van der Waals surface area contributed by atoms with Crippen molar-refractivity contribution in [2.75, 3.05) is 25.2 Å². The molecule has 0 amide bonds. The molecule has 1 fully saturated rings. The van der Waals surface area contributed by atoms with Gasteiger partial charge < -0.3 is 9.84 Å². The number of aliphatic hydroxyl groups excluding tert-OH is 1. The highest BCUT2D eigenvalue weighted by atomic mass is 32.2. The molecule has 0 aliphatic carbocycles. The first-order valence-corrected chi connectivity index (χ1v) is 7.86. The van der Waals surface area contributed by atoms with Crippen molar-refractivity contribution in [3.05, 3.63) is 29.3 Å². The number of hydrogen-bond donors (Lipinski definition) is 1. The molecule has 0 unspecified atom stereocenters. The lowest BCUT2D eigenvalue weighted by Crippen LogP contribution is -2.08. The number of thioether (sulfide) groups is 1. The summed E-state index contributed by atoms with van der Waals surface area (Å²) in [6.07, 6.45) is 4.28. The molecular formula is C15H22O2S. The molecule has 2 nitrogen and oxygen atoms in total. The van der Waals surface area contributed by atoms with E-state index in [0.29, 0.717) is 5.92 Å². The fraction of sp³-hybridized carbons (Fsp3) is 0.600. The molecule has 3 heteroatoms. The number of hydrogen-bond acceptors (Lipinski definition) is 3. The number of aliphatic hydroxyl groups is 1. The molecule has 1 aromatic carbocycles. The Morgan fingerprint density at radius 1 is 1.33 bits per heavy atom. The van der Waals surface area contributed by atoms with Crippen molar-refractivity contribution in [3.63, 3.8) is 0 Å². The maximum absolute atomic E-state index is 8.97. The van der Waals surface area contributed by atoms with Crippen LogP contribution in [0.25, 0.3) is 0 Å². The van der Waals surface area contributed by atoms with E-state index in [4.69, 9.17) is 9.84 Å². The van der Waals surface area contributed by atoms with Gasteiger partial charge in [0.05, 0.1) is 7.11 Å². The minimum atomic E-state index is 0.244. The van der Waals surface area contributed by atoms with Crippen LogP contribution in [0.1, 0.15) is 36.3 Å². The summed E-state index contributed by atoms with van der Waals surface area (Å²) < 4.78 is 5.40. The predicted molar refractivity (Wildman–Crippen MR) is 77.7 cm³/mol. The van der Waals surface area contributed by atoms with Gasteiger partial charge in [-0.05, 0) is 60.3 Å². The molecule has 1 aliphatic heterocycles. The van der Waals surface area contributed by atoms with Crippen LogP contribution in [0.2, 0.25) is 0 Å². The minimum absolute atomic E-state index is 0.244. The van der Waals surface area contributed by atoms with Gasteiger partial charge in [0.1, 0.15) is 5.75 Å². The highest BCUT2D eigenvalue weighted by Gasteiger charge is 2.17. The maximum atomic E-state index is 8.97. The van der Waals surface area contributed by atoms with E-state index in [1.165, 1.54) is 35.5 Å². The first-order valence-electron chi connectivity index (χ1n) is 6.70. The predicted octanol–water partition coefficient (Wildman–Crippen LogP) is 3.23. The molecule has 0 spiro atoms. The molecule has 1 saturated heterocycles. The van der Waals surface area contributed by atoms with Gasteiger partial charge in [-0.2, -0.15) is 11.8 Å². The SMILES string of the molecule is COc1ccc(C2CCSCC2)cc1CCCO. The standard InChI is InChI=1S/C15H22O2S/c1-17-15-5-4-13(11-14(15)3-2-8-16)12-6-9-18-10-7-12/h4-5,11-12,16H,2-3,6-10H2,1H3. The highest BCUT2D eigenvalue weighted by molar-refractivity contribution is 7.99. The van der Waals surface area contributed by atoms with Crippen LogP contribution in [0.4, 0.5) is 0 Å². The summed E-state index contributed by atoms with van der Waals surface area (Å²) in [7, 11) is 1.72. The van der Waals surface area contributed by atoms with Crippen LogP contribution < -0.4 is 4.74 Å². The van der Waals surface area contributed by atoms with E-state index < -0.39 is 0 Å². The van der Waals surface area contributed by atoms with Gasteiger partial charge in [-0.25, -0.2) is 0 Å². The van der Waals surface area contributed by atoms with Gasteiger partial charge >= 0.3 is 0 Å². The van der Waals surface area contributed by atoms with Gasteiger partial charge in [0.25, 0.3) is 0 Å². The Bertz CT molecular complexity index is 373. The zero-order valence-electron chi connectivity index (χ0n) is 11.0. The molecule has 1 N–H and O–H groups in total. The lowest BCUT2D eigenvalue weighted by atomic mass is 9.91. The molecule has 100 valence electrons. The fourth-order valence-electron chi connectivity index (χ4n) is 2.55. The van der Waals surface area contributed by atoms with Crippen molar-refractivity contribution < 1.29 is 9.84 Å². The molecular weight excluding hydrogens is 244 g/mol. The number of ether oxygens (including phenoxy) is 1. The summed E-state index contributed by atoms with van der Waals surface area (Å²) in [5.41, 5.74) is 2.69. The first kappa shape index (κ1) is 13.8. The summed E-state index contributed by atoms with van der Waals surface area (Å²) >= 11 is 2.06. The van der Waals surface area contributed by atoms with Crippen molar-refractivity contribution in [2.45, 2.75) is 31.6 Å². The monoisotopic (exact) mass is 266 g/mol. The molecule has 18 heavy (non-hydrogen) atoms.